The van der Waals surface area contributed by atoms with Gasteiger partial charge in [-0.25, -0.2) is 4.98 Å². The molecule has 0 radical (unpaired) electrons. The second-order valence-corrected chi connectivity index (χ2v) is 16.1. The summed E-state index contributed by atoms with van der Waals surface area (Å²) in [7, 11) is 0. The Balaban J connectivity index is 1.53. The van der Waals surface area contributed by atoms with Gasteiger partial charge in [0.1, 0.15) is 11.9 Å². The molecule has 5 aliphatic carbocycles. The van der Waals surface area contributed by atoms with Crippen molar-refractivity contribution in [2.45, 2.75) is 100 Å². The fourth-order valence-corrected chi connectivity index (χ4v) is 10.8. The third kappa shape index (κ3) is 3.41. The number of Topliss-reactive ketones (excluding diaryl/α,β-unsaturated/α-hetero) is 1. The number of ketones is 2. The third-order valence-electron chi connectivity index (χ3n) is 13.3. The summed E-state index contributed by atoms with van der Waals surface area (Å²) in [6, 6.07) is 2.19. The van der Waals surface area contributed by atoms with Gasteiger partial charge < -0.3 is 0 Å². The van der Waals surface area contributed by atoms with Crippen LogP contribution >= 0.6 is 0 Å². The summed E-state index contributed by atoms with van der Waals surface area (Å²) in [5.41, 5.74) is -1.08. The predicted octanol–water partition coefficient (Wildman–Crippen LogP) is 7.05. The maximum atomic E-state index is 14.6. The highest BCUT2D eigenvalue weighted by Crippen LogP contribution is 2.74. The van der Waals surface area contributed by atoms with E-state index in [1.165, 1.54) is 0 Å². The van der Waals surface area contributed by atoms with Crippen molar-refractivity contribution in [1.82, 2.24) is 9.55 Å². The van der Waals surface area contributed by atoms with Crippen molar-refractivity contribution < 1.29 is 14.4 Å². The lowest BCUT2D eigenvalue weighted by atomic mass is 9.34. The van der Waals surface area contributed by atoms with Crippen LogP contribution in [0, 0.1) is 68.5 Å². The summed E-state index contributed by atoms with van der Waals surface area (Å²) in [5, 5.41) is 9.94. The first-order chi connectivity index (χ1) is 19.0. The lowest BCUT2D eigenvalue weighted by Gasteiger charge is -2.69. The summed E-state index contributed by atoms with van der Waals surface area (Å²) in [5.74, 6) is 0.563. The van der Waals surface area contributed by atoms with Crippen LogP contribution < -0.4 is 0 Å². The minimum absolute atomic E-state index is 0.0222. The molecular weight excluding hydrogens is 510 g/mol. The van der Waals surface area contributed by atoms with Crippen molar-refractivity contribution in [3.63, 3.8) is 0 Å². The molecule has 0 unspecified atom stereocenters. The number of imidazole rings is 1. The molecule has 1 heterocycles. The third-order valence-corrected chi connectivity index (χ3v) is 13.3. The number of carbonyl (C=O) groups excluding carboxylic acids is 3. The van der Waals surface area contributed by atoms with Crippen LogP contribution in [-0.2, 0) is 9.59 Å². The first-order valence-electron chi connectivity index (χ1n) is 15.5. The molecule has 1 aromatic rings. The second kappa shape index (κ2) is 8.39. The molecule has 3 saturated carbocycles. The summed E-state index contributed by atoms with van der Waals surface area (Å²) in [6.07, 6.45) is 13.2. The average Bonchev–Trinajstić information content (AvgIpc) is 3.32. The van der Waals surface area contributed by atoms with E-state index in [1.807, 2.05) is 32.9 Å². The summed E-state index contributed by atoms with van der Waals surface area (Å²) >= 11 is 0. The molecule has 218 valence electrons. The van der Waals surface area contributed by atoms with Crippen LogP contribution in [0.15, 0.2) is 35.7 Å². The number of nitrogens with zero attached hydrogens (tertiary/aromatic N) is 3. The Morgan fingerprint density at radius 2 is 1.71 bits per heavy atom. The molecule has 1 aromatic heterocycles. The van der Waals surface area contributed by atoms with Crippen LogP contribution in [0.2, 0.25) is 0 Å². The Morgan fingerprint density at radius 1 is 1.02 bits per heavy atom. The van der Waals surface area contributed by atoms with Crippen LogP contribution in [-0.4, -0.2) is 27.0 Å². The van der Waals surface area contributed by atoms with E-state index in [4.69, 9.17) is 0 Å². The van der Waals surface area contributed by atoms with Gasteiger partial charge >= 0.3 is 0 Å². The highest BCUT2D eigenvalue weighted by molar-refractivity contribution is 6.04. The van der Waals surface area contributed by atoms with E-state index in [2.05, 4.69) is 45.7 Å². The number of carbonyl (C=O) groups is 3. The SMILES string of the molecule is Cc1nccn1C(=O)[C@]12CCC(C)(C)C[C@H]1[C@H]1C(=O)C=C3[C@@]4(C)C=C(C#N)C(=O)C(C)(C)[C@@H]4CC[C@@]3(C)[C@]1(C)CC2. The van der Waals surface area contributed by atoms with Crippen LogP contribution in [0.4, 0.5) is 0 Å². The number of nitriles is 1. The second-order valence-electron chi connectivity index (χ2n) is 16.1. The van der Waals surface area contributed by atoms with Gasteiger partial charge in [0.15, 0.2) is 11.6 Å². The summed E-state index contributed by atoms with van der Waals surface area (Å²) in [4.78, 5) is 46.7. The maximum absolute atomic E-state index is 14.6. The molecule has 0 aromatic carbocycles. The molecule has 41 heavy (non-hydrogen) atoms. The molecule has 0 saturated heterocycles. The highest BCUT2D eigenvalue weighted by Gasteiger charge is 2.71. The minimum Gasteiger partial charge on any atom is -0.295 e. The van der Waals surface area contributed by atoms with E-state index in [-0.39, 0.29) is 57.0 Å². The average molecular weight is 556 g/mol. The Hall–Kier alpha value is -2.81. The Labute approximate surface area is 244 Å². The molecule has 0 N–H and O–H groups in total. The van der Waals surface area contributed by atoms with Gasteiger partial charge in [0, 0.05) is 29.1 Å². The number of aromatic nitrogens is 2. The van der Waals surface area contributed by atoms with Crippen molar-refractivity contribution in [1.29, 1.82) is 5.26 Å². The number of aryl methyl sites for hydroxylation is 1. The zero-order chi connectivity index (χ0) is 30.0. The summed E-state index contributed by atoms with van der Waals surface area (Å²) in [6.45, 7) is 17.2. The van der Waals surface area contributed by atoms with Crippen LogP contribution in [0.1, 0.15) is 104 Å². The lowest BCUT2D eigenvalue weighted by molar-refractivity contribution is -0.164. The highest BCUT2D eigenvalue weighted by atomic mass is 16.2. The van der Waals surface area contributed by atoms with Gasteiger partial charge in [0.05, 0.1) is 11.0 Å². The molecule has 3 fully saturated rings. The Bertz CT molecular complexity index is 1490. The topological polar surface area (TPSA) is 92.8 Å². The first-order valence-corrected chi connectivity index (χ1v) is 15.5. The first kappa shape index (κ1) is 28.3. The summed E-state index contributed by atoms with van der Waals surface area (Å²) < 4.78 is 1.73. The fourth-order valence-electron chi connectivity index (χ4n) is 10.8. The number of allylic oxidation sites excluding steroid dienone is 4. The fraction of sp³-hybridized carbons (Fsp3) is 0.686. The van der Waals surface area contributed by atoms with Crippen LogP contribution in [0.25, 0.3) is 0 Å². The van der Waals surface area contributed by atoms with Crippen molar-refractivity contribution in [3.8, 4) is 6.07 Å². The molecule has 0 amide bonds. The van der Waals surface area contributed by atoms with E-state index in [0.717, 1.165) is 50.5 Å². The smallest absolute Gasteiger partial charge is 0.238 e. The van der Waals surface area contributed by atoms with Crippen molar-refractivity contribution in [2.75, 3.05) is 0 Å². The van der Waals surface area contributed by atoms with Crippen LogP contribution in [0.5, 0.6) is 0 Å². The van der Waals surface area contributed by atoms with Crippen molar-refractivity contribution in [3.05, 3.63) is 41.5 Å². The predicted molar refractivity (Wildman–Crippen MR) is 156 cm³/mol. The molecule has 0 bridgehead atoms. The number of hydrogen-bond donors (Lipinski definition) is 0. The quantitative estimate of drug-likeness (QED) is 0.370. The molecule has 6 rings (SSSR count). The van der Waals surface area contributed by atoms with E-state index in [1.54, 1.807) is 17.0 Å². The van der Waals surface area contributed by atoms with Gasteiger partial charge in [-0.1, -0.05) is 60.1 Å². The minimum atomic E-state index is -0.679. The number of fused-ring (bicyclic) bond motifs is 7. The van der Waals surface area contributed by atoms with Gasteiger partial charge in [0.2, 0.25) is 5.91 Å². The monoisotopic (exact) mass is 555 g/mol. The molecule has 0 spiro atoms. The number of hydrogen-bond acceptors (Lipinski definition) is 5. The van der Waals surface area contributed by atoms with Gasteiger partial charge in [0.25, 0.3) is 0 Å². The molecular formula is C35H45N3O3. The van der Waals surface area contributed by atoms with Gasteiger partial charge in [-0.05, 0) is 86.0 Å². The molecule has 5 aliphatic rings. The largest absolute Gasteiger partial charge is 0.295 e. The van der Waals surface area contributed by atoms with E-state index in [0.29, 0.717) is 5.82 Å². The standard InChI is InChI=1S/C35H45N3O3/c1-21-37-15-16-38(21)29(41)35-13-11-30(2,3)19-23(35)27-24(39)17-26-32(6)18-22(20-36)28(40)31(4,5)25(32)9-10-33(26,7)34(27,8)12-14-35/h15-18,23,25,27H,9-14,19H2,1-8H3/t23-,25-,27-,32-,33+,34+,35-/m0/s1. The van der Waals surface area contributed by atoms with Crippen molar-refractivity contribution >= 4 is 17.5 Å². The molecule has 6 nitrogen and oxygen atoms in total. The zero-order valence-electron chi connectivity index (χ0n) is 26.1. The van der Waals surface area contributed by atoms with Gasteiger partial charge in [-0.15, -0.1) is 0 Å². The van der Waals surface area contributed by atoms with Gasteiger partial charge in [-0.3, -0.25) is 19.0 Å². The maximum Gasteiger partial charge on any atom is 0.238 e. The van der Waals surface area contributed by atoms with Crippen LogP contribution in [0.3, 0.4) is 0 Å². The Morgan fingerprint density at radius 3 is 2.34 bits per heavy atom. The normalized spacial score (nSPS) is 42.5. The lowest BCUT2D eigenvalue weighted by Crippen LogP contribution is -2.66. The van der Waals surface area contributed by atoms with Crippen molar-refractivity contribution in [2.24, 2.45) is 50.2 Å². The van der Waals surface area contributed by atoms with Gasteiger partial charge in [-0.2, -0.15) is 5.26 Å². The van der Waals surface area contributed by atoms with E-state index in [9.17, 15) is 19.6 Å². The molecule has 6 heteroatoms. The molecule has 7 atom stereocenters. The number of rotatable bonds is 1. The van der Waals surface area contributed by atoms with E-state index < -0.39 is 16.2 Å². The molecule has 0 aliphatic heterocycles. The Kier molecular flexibility index (Phi) is 5.80. The van der Waals surface area contributed by atoms with E-state index >= 15 is 0 Å². The zero-order valence-corrected chi connectivity index (χ0v) is 26.1.